The summed E-state index contributed by atoms with van der Waals surface area (Å²) < 4.78 is 6.41. The molecule has 2 aliphatic carbocycles. The predicted octanol–water partition coefficient (Wildman–Crippen LogP) is 4.66. The third-order valence-corrected chi connectivity index (χ3v) is 9.18. The van der Waals surface area contributed by atoms with Gasteiger partial charge in [-0.05, 0) is 75.2 Å². The van der Waals surface area contributed by atoms with E-state index in [1.54, 1.807) is 6.07 Å². The summed E-state index contributed by atoms with van der Waals surface area (Å²) in [6, 6.07) is 14.9. The van der Waals surface area contributed by atoms with Crippen molar-refractivity contribution in [3.8, 4) is 11.5 Å². The number of piperidine rings is 1. The van der Waals surface area contributed by atoms with Gasteiger partial charge in [-0.3, -0.25) is 4.79 Å². The monoisotopic (exact) mass is 431 g/mol. The summed E-state index contributed by atoms with van der Waals surface area (Å²) in [5.74, 6) is 1.46. The zero-order chi connectivity index (χ0) is 22.1. The molecule has 4 aliphatic rings. The van der Waals surface area contributed by atoms with Crippen LogP contribution in [0, 0.1) is 11.3 Å². The minimum absolute atomic E-state index is 0.195. The Morgan fingerprint density at radius 1 is 1.16 bits per heavy atom. The highest BCUT2D eigenvalue weighted by Crippen LogP contribution is 2.65. The van der Waals surface area contributed by atoms with Crippen LogP contribution >= 0.6 is 0 Å². The molecule has 0 amide bonds. The number of hydrogen-bond donors (Lipinski definition) is 1. The number of phenolic OH excluding ortho intramolecular Hbond substituents is 1. The third kappa shape index (κ3) is 2.68. The molecule has 2 fully saturated rings. The topological polar surface area (TPSA) is 49.8 Å². The SMILES string of the molecule is CN1CC[C@]23c4c5ccc(O)c4OC2C(=O)C(C)(CCCCc2ccccc2)C[C@H]3[C@H]1C5. The molecule has 1 saturated carbocycles. The molecule has 2 aromatic carbocycles. The van der Waals surface area contributed by atoms with Gasteiger partial charge in [-0.2, -0.15) is 0 Å². The molecule has 1 N–H and O–H groups in total. The summed E-state index contributed by atoms with van der Waals surface area (Å²) in [5.41, 5.74) is 3.19. The van der Waals surface area contributed by atoms with Crippen LogP contribution < -0.4 is 4.74 Å². The Morgan fingerprint density at radius 3 is 2.78 bits per heavy atom. The number of rotatable bonds is 5. The number of likely N-dealkylation sites (N-methyl/N-ethyl adjacent to an activating group) is 1. The maximum absolute atomic E-state index is 14.0. The second kappa shape index (κ2) is 7.08. The summed E-state index contributed by atoms with van der Waals surface area (Å²) in [7, 11) is 2.24. The maximum Gasteiger partial charge on any atom is 0.180 e. The quantitative estimate of drug-likeness (QED) is 0.700. The lowest BCUT2D eigenvalue weighted by molar-refractivity contribution is -0.154. The minimum Gasteiger partial charge on any atom is -0.504 e. The number of unbranched alkanes of at least 4 members (excludes halogenated alkanes) is 1. The van der Waals surface area contributed by atoms with Gasteiger partial charge in [0.05, 0.1) is 0 Å². The van der Waals surface area contributed by atoms with Crippen LogP contribution in [0.4, 0.5) is 0 Å². The molecule has 2 heterocycles. The van der Waals surface area contributed by atoms with Crippen LogP contribution in [-0.2, 0) is 23.1 Å². The predicted molar refractivity (Wildman–Crippen MR) is 124 cm³/mol. The molecule has 168 valence electrons. The number of aromatic hydroxyl groups is 1. The van der Waals surface area contributed by atoms with Gasteiger partial charge in [0.1, 0.15) is 0 Å². The standard InChI is InChI=1S/C28H33NO3/c1-27(13-7-6-10-18-8-4-3-5-9-18)17-20-21-16-19-11-12-22(30)24-23(19)28(20,14-15-29(21)2)26(32-24)25(27)31/h3-5,8-9,11-12,20-21,26,30H,6-7,10,13-17H2,1-2H3/t20-,21+,26?,27?,28-/m0/s1. The number of ether oxygens (including phenoxy) is 1. The van der Waals surface area contributed by atoms with Gasteiger partial charge in [-0.25, -0.2) is 0 Å². The molecular weight excluding hydrogens is 398 g/mol. The third-order valence-electron chi connectivity index (χ3n) is 9.18. The number of nitrogens with zero attached hydrogens (tertiary/aromatic N) is 1. The first-order valence-corrected chi connectivity index (χ1v) is 12.2. The molecule has 6 rings (SSSR count). The molecule has 2 bridgehead atoms. The van der Waals surface area contributed by atoms with Crippen molar-refractivity contribution >= 4 is 5.78 Å². The summed E-state index contributed by atoms with van der Waals surface area (Å²) in [4.78, 5) is 16.5. The van der Waals surface area contributed by atoms with Crippen LogP contribution in [0.15, 0.2) is 42.5 Å². The Bertz CT molecular complexity index is 1070. The summed E-state index contributed by atoms with van der Waals surface area (Å²) in [6.45, 7) is 3.17. The lowest BCUT2D eigenvalue weighted by atomic mass is 9.47. The van der Waals surface area contributed by atoms with Crippen LogP contribution in [0.1, 0.15) is 55.7 Å². The molecule has 5 atom stereocenters. The van der Waals surface area contributed by atoms with Crippen LogP contribution in [0.5, 0.6) is 11.5 Å². The first kappa shape index (κ1) is 20.3. The van der Waals surface area contributed by atoms with Crippen LogP contribution in [0.3, 0.4) is 0 Å². The van der Waals surface area contributed by atoms with E-state index in [2.05, 4.69) is 55.3 Å². The number of phenols is 1. The minimum atomic E-state index is -0.445. The number of Topliss-reactive ketones (excluding diaryl/α,β-unsaturated/α-hetero) is 1. The van der Waals surface area contributed by atoms with Gasteiger partial charge < -0.3 is 14.7 Å². The molecule has 32 heavy (non-hydrogen) atoms. The van der Waals surface area contributed by atoms with E-state index in [0.29, 0.717) is 17.7 Å². The Kier molecular flexibility index (Phi) is 4.49. The molecule has 2 unspecified atom stereocenters. The summed E-state index contributed by atoms with van der Waals surface area (Å²) in [5, 5.41) is 10.6. The number of likely N-dealkylation sites (tertiary alicyclic amines) is 1. The van der Waals surface area contributed by atoms with Crippen LogP contribution in [0.25, 0.3) is 0 Å². The van der Waals surface area contributed by atoms with Crippen molar-refractivity contribution in [1.29, 1.82) is 0 Å². The zero-order valence-corrected chi connectivity index (χ0v) is 19.1. The molecular formula is C28H33NO3. The second-order valence-corrected chi connectivity index (χ2v) is 10.9. The number of carbonyl (C=O) groups excluding carboxylic acids is 1. The molecule has 1 spiro atoms. The van der Waals surface area contributed by atoms with E-state index >= 15 is 0 Å². The van der Waals surface area contributed by atoms with E-state index in [-0.39, 0.29) is 22.4 Å². The molecule has 1 saturated heterocycles. The number of aryl methyl sites for hydroxylation is 1. The van der Waals surface area contributed by atoms with Crippen molar-refractivity contribution in [2.75, 3.05) is 13.6 Å². The Morgan fingerprint density at radius 2 is 1.97 bits per heavy atom. The summed E-state index contributed by atoms with van der Waals surface area (Å²) in [6.07, 6.45) is 6.54. The second-order valence-electron chi connectivity index (χ2n) is 10.9. The lowest BCUT2D eigenvalue weighted by Gasteiger charge is -2.60. The van der Waals surface area contributed by atoms with Crippen LogP contribution in [0.2, 0.25) is 0 Å². The highest BCUT2D eigenvalue weighted by atomic mass is 16.5. The number of ketones is 1. The number of benzene rings is 2. The molecule has 4 heteroatoms. The van der Waals surface area contributed by atoms with Crippen LogP contribution in [-0.4, -0.2) is 41.5 Å². The highest BCUT2D eigenvalue weighted by molar-refractivity contribution is 5.93. The average molecular weight is 432 g/mol. The first-order valence-electron chi connectivity index (χ1n) is 12.2. The van der Waals surface area contributed by atoms with E-state index in [1.807, 2.05) is 0 Å². The van der Waals surface area contributed by atoms with Crippen molar-refractivity contribution in [3.05, 3.63) is 59.2 Å². The van der Waals surface area contributed by atoms with E-state index in [1.165, 1.54) is 11.1 Å². The fraction of sp³-hybridized carbons (Fsp3) is 0.536. The van der Waals surface area contributed by atoms with E-state index in [9.17, 15) is 9.90 Å². The largest absolute Gasteiger partial charge is 0.504 e. The smallest absolute Gasteiger partial charge is 0.180 e. The molecule has 2 aromatic rings. The molecule has 0 aromatic heterocycles. The lowest BCUT2D eigenvalue weighted by Crippen LogP contribution is -2.68. The fourth-order valence-electron chi connectivity index (χ4n) is 7.51. The van der Waals surface area contributed by atoms with E-state index < -0.39 is 6.10 Å². The van der Waals surface area contributed by atoms with Crippen molar-refractivity contribution < 1.29 is 14.6 Å². The molecule has 4 nitrogen and oxygen atoms in total. The number of carbonyl (C=O) groups is 1. The van der Waals surface area contributed by atoms with Crippen molar-refractivity contribution in [2.45, 2.75) is 69.4 Å². The van der Waals surface area contributed by atoms with Gasteiger partial charge >= 0.3 is 0 Å². The van der Waals surface area contributed by atoms with Gasteiger partial charge in [-0.1, -0.05) is 49.7 Å². The van der Waals surface area contributed by atoms with Crippen molar-refractivity contribution in [2.24, 2.45) is 11.3 Å². The van der Waals surface area contributed by atoms with Crippen molar-refractivity contribution in [1.82, 2.24) is 4.90 Å². The van der Waals surface area contributed by atoms with Gasteiger partial charge in [0.2, 0.25) is 0 Å². The molecule has 2 aliphatic heterocycles. The van der Waals surface area contributed by atoms with Crippen molar-refractivity contribution in [3.63, 3.8) is 0 Å². The van der Waals surface area contributed by atoms with Gasteiger partial charge in [0.25, 0.3) is 0 Å². The number of hydrogen-bond acceptors (Lipinski definition) is 4. The Labute approximate surface area is 190 Å². The van der Waals surface area contributed by atoms with Gasteiger partial charge in [-0.15, -0.1) is 0 Å². The average Bonchev–Trinajstić information content (AvgIpc) is 3.15. The van der Waals surface area contributed by atoms with Gasteiger partial charge in [0.15, 0.2) is 23.4 Å². The highest BCUT2D eigenvalue weighted by Gasteiger charge is 2.69. The Balaban J connectivity index is 1.30. The van der Waals surface area contributed by atoms with E-state index in [0.717, 1.165) is 57.1 Å². The molecule has 0 radical (unpaired) electrons. The summed E-state index contributed by atoms with van der Waals surface area (Å²) >= 11 is 0. The normalized spacial score (nSPS) is 34.8. The maximum atomic E-state index is 14.0. The fourth-order valence-corrected chi connectivity index (χ4v) is 7.51. The first-order chi connectivity index (χ1) is 15.4. The Hall–Kier alpha value is -2.33. The van der Waals surface area contributed by atoms with E-state index in [4.69, 9.17) is 4.74 Å². The zero-order valence-electron chi connectivity index (χ0n) is 19.1. The van der Waals surface area contributed by atoms with Gasteiger partial charge in [0, 0.05) is 22.4 Å².